The number of hydrogen-bond donors (Lipinski definition) is 1. The first-order valence-electron chi connectivity index (χ1n) is 6.58. The third kappa shape index (κ3) is 2.22. The Morgan fingerprint density at radius 3 is 2.85 bits per heavy atom. The molecule has 0 bridgehead atoms. The van der Waals surface area contributed by atoms with Gasteiger partial charge in [0.2, 0.25) is 11.8 Å². The molecular weight excluding hydrogens is 260 g/mol. The minimum Gasteiger partial charge on any atom is -0.486 e. The van der Waals surface area contributed by atoms with E-state index < -0.39 is 6.04 Å². The second-order valence-corrected chi connectivity index (χ2v) is 4.87. The molecule has 1 N–H and O–H groups in total. The summed E-state index contributed by atoms with van der Waals surface area (Å²) in [5.41, 5.74) is 0.928. The molecule has 2 heterocycles. The molecule has 1 atom stereocenters. The Bertz CT molecular complexity index is 558. The maximum absolute atomic E-state index is 11.8. The molecule has 20 heavy (non-hydrogen) atoms. The molecule has 6 heteroatoms. The van der Waals surface area contributed by atoms with Crippen LogP contribution >= 0.6 is 0 Å². The Morgan fingerprint density at radius 1 is 1.30 bits per heavy atom. The molecular formula is C14H16N2O4. The van der Waals surface area contributed by atoms with E-state index >= 15 is 0 Å². The maximum atomic E-state index is 11.8. The number of nitrogens with zero attached hydrogens (tertiary/aromatic N) is 1. The Morgan fingerprint density at radius 2 is 2.10 bits per heavy atom. The second kappa shape index (κ2) is 5.13. The molecule has 0 aromatic heterocycles. The number of likely N-dealkylation sites (tertiary alicyclic amines) is 1. The van der Waals surface area contributed by atoms with E-state index in [1.54, 1.807) is 0 Å². The molecule has 6 nitrogen and oxygen atoms in total. The summed E-state index contributed by atoms with van der Waals surface area (Å²) in [4.78, 5) is 24.4. The predicted octanol–water partition coefficient (Wildman–Crippen LogP) is 0.305. The molecule has 1 saturated heterocycles. The smallest absolute Gasteiger partial charge is 0.246 e. The van der Waals surface area contributed by atoms with E-state index in [1.165, 1.54) is 7.05 Å². The Balaban J connectivity index is 1.70. The lowest BCUT2D eigenvalue weighted by Crippen LogP contribution is -2.36. The summed E-state index contributed by atoms with van der Waals surface area (Å²) in [7, 11) is 1.51. The fraction of sp³-hybridized carbons (Fsp3) is 0.429. The van der Waals surface area contributed by atoms with Gasteiger partial charge in [0.15, 0.2) is 11.5 Å². The molecule has 2 aliphatic heterocycles. The molecule has 0 spiro atoms. The zero-order chi connectivity index (χ0) is 14.1. The topological polar surface area (TPSA) is 67.9 Å². The van der Waals surface area contributed by atoms with Crippen LogP contribution in [0.15, 0.2) is 18.2 Å². The van der Waals surface area contributed by atoms with Crippen LogP contribution < -0.4 is 14.8 Å². The number of rotatable bonds is 3. The van der Waals surface area contributed by atoms with E-state index in [4.69, 9.17) is 9.47 Å². The van der Waals surface area contributed by atoms with Gasteiger partial charge >= 0.3 is 0 Å². The molecule has 2 aliphatic rings. The van der Waals surface area contributed by atoms with E-state index in [0.29, 0.717) is 19.8 Å². The zero-order valence-electron chi connectivity index (χ0n) is 11.2. The summed E-state index contributed by atoms with van der Waals surface area (Å²) in [6.45, 7) is 1.53. The lowest BCUT2D eigenvalue weighted by molar-refractivity contribution is -0.137. The number of likely N-dealkylation sites (N-methyl/N-ethyl adjacent to an activating group) is 1. The van der Waals surface area contributed by atoms with E-state index in [1.807, 2.05) is 18.2 Å². The lowest BCUT2D eigenvalue weighted by Gasteiger charge is -2.21. The molecule has 0 saturated carbocycles. The van der Waals surface area contributed by atoms with E-state index in [0.717, 1.165) is 22.0 Å². The van der Waals surface area contributed by atoms with E-state index in [-0.39, 0.29) is 18.2 Å². The van der Waals surface area contributed by atoms with Crippen molar-refractivity contribution in [1.29, 1.82) is 0 Å². The quantitative estimate of drug-likeness (QED) is 0.805. The second-order valence-electron chi connectivity index (χ2n) is 4.87. The lowest BCUT2D eigenvalue weighted by atomic mass is 10.1. The number of amides is 2. The highest BCUT2D eigenvalue weighted by Crippen LogP contribution is 2.33. The van der Waals surface area contributed by atoms with Crippen LogP contribution in [0.4, 0.5) is 0 Å². The van der Waals surface area contributed by atoms with Crippen LogP contribution in [0.1, 0.15) is 12.0 Å². The summed E-state index contributed by atoms with van der Waals surface area (Å²) in [6.07, 6.45) is 0.210. The Hall–Kier alpha value is -2.08. The summed E-state index contributed by atoms with van der Waals surface area (Å²) < 4.78 is 11.1. The van der Waals surface area contributed by atoms with Gasteiger partial charge in [0, 0.05) is 19.2 Å². The fourth-order valence-corrected chi connectivity index (χ4v) is 2.42. The third-order valence-electron chi connectivity index (χ3n) is 3.57. The van der Waals surface area contributed by atoms with Crippen molar-refractivity contribution in [1.82, 2.24) is 10.2 Å². The SMILES string of the molecule is CN1C(=O)CC(NCc2cccc3c2OCCO3)C1=O. The van der Waals surface area contributed by atoms with Gasteiger partial charge in [0.1, 0.15) is 13.2 Å². The van der Waals surface area contributed by atoms with Crippen LogP contribution in [0.5, 0.6) is 11.5 Å². The number of fused-ring (bicyclic) bond motifs is 1. The number of carbonyl (C=O) groups excluding carboxylic acids is 2. The first kappa shape index (κ1) is 12.9. The molecule has 2 amide bonds. The van der Waals surface area contributed by atoms with Gasteiger partial charge in [-0.05, 0) is 6.07 Å². The van der Waals surface area contributed by atoms with Crippen LogP contribution in [-0.4, -0.2) is 43.0 Å². The highest BCUT2D eigenvalue weighted by molar-refractivity contribution is 6.05. The zero-order valence-corrected chi connectivity index (χ0v) is 11.2. The monoisotopic (exact) mass is 276 g/mol. The molecule has 3 rings (SSSR count). The summed E-state index contributed by atoms with van der Waals surface area (Å²) in [5.74, 6) is 1.11. The minimum absolute atomic E-state index is 0.151. The number of ether oxygens (including phenoxy) is 2. The van der Waals surface area contributed by atoms with Crippen LogP contribution in [-0.2, 0) is 16.1 Å². The first-order valence-corrected chi connectivity index (χ1v) is 6.58. The van der Waals surface area contributed by atoms with Crippen molar-refractivity contribution < 1.29 is 19.1 Å². The molecule has 1 fully saturated rings. The average molecular weight is 276 g/mol. The van der Waals surface area contributed by atoms with Crippen LogP contribution in [0.3, 0.4) is 0 Å². The van der Waals surface area contributed by atoms with Gasteiger partial charge in [-0.25, -0.2) is 0 Å². The van der Waals surface area contributed by atoms with Crippen molar-refractivity contribution in [3.05, 3.63) is 23.8 Å². The Kier molecular flexibility index (Phi) is 3.31. The van der Waals surface area contributed by atoms with Crippen molar-refractivity contribution in [2.45, 2.75) is 19.0 Å². The van der Waals surface area contributed by atoms with Gasteiger partial charge in [0.25, 0.3) is 0 Å². The van der Waals surface area contributed by atoms with Gasteiger partial charge in [0.05, 0.1) is 12.5 Å². The summed E-state index contributed by atoms with van der Waals surface area (Å²) in [6, 6.07) is 5.22. The summed E-state index contributed by atoms with van der Waals surface area (Å²) >= 11 is 0. The van der Waals surface area contributed by atoms with Crippen molar-refractivity contribution >= 4 is 11.8 Å². The minimum atomic E-state index is -0.451. The molecule has 0 radical (unpaired) electrons. The van der Waals surface area contributed by atoms with Crippen molar-refractivity contribution in [3.8, 4) is 11.5 Å². The molecule has 1 aromatic carbocycles. The maximum Gasteiger partial charge on any atom is 0.246 e. The van der Waals surface area contributed by atoms with Crippen molar-refractivity contribution in [3.63, 3.8) is 0 Å². The molecule has 106 valence electrons. The molecule has 0 aliphatic carbocycles. The van der Waals surface area contributed by atoms with Gasteiger partial charge in [-0.1, -0.05) is 12.1 Å². The van der Waals surface area contributed by atoms with Gasteiger partial charge in [-0.15, -0.1) is 0 Å². The number of benzene rings is 1. The fourth-order valence-electron chi connectivity index (χ4n) is 2.42. The highest BCUT2D eigenvalue weighted by atomic mass is 16.6. The number of imide groups is 1. The van der Waals surface area contributed by atoms with E-state index in [2.05, 4.69) is 5.32 Å². The average Bonchev–Trinajstić information content (AvgIpc) is 2.72. The normalized spacial score (nSPS) is 21.4. The number of para-hydroxylation sites is 1. The predicted molar refractivity (Wildman–Crippen MR) is 70.5 cm³/mol. The van der Waals surface area contributed by atoms with E-state index in [9.17, 15) is 9.59 Å². The van der Waals surface area contributed by atoms with Gasteiger partial charge < -0.3 is 14.8 Å². The Labute approximate surface area is 116 Å². The highest BCUT2D eigenvalue weighted by Gasteiger charge is 2.35. The first-order chi connectivity index (χ1) is 9.66. The molecule has 1 unspecified atom stereocenters. The standard InChI is InChI=1S/C14H16N2O4/c1-16-12(17)7-10(14(16)18)15-8-9-3-2-4-11-13(9)20-6-5-19-11/h2-4,10,15H,5-8H2,1H3. The molecule has 1 aromatic rings. The van der Waals surface area contributed by atoms with Crippen LogP contribution in [0.25, 0.3) is 0 Å². The van der Waals surface area contributed by atoms with Crippen molar-refractivity contribution in [2.75, 3.05) is 20.3 Å². The summed E-state index contributed by atoms with van der Waals surface area (Å²) in [5, 5.41) is 3.11. The largest absolute Gasteiger partial charge is 0.486 e. The number of hydrogen-bond acceptors (Lipinski definition) is 5. The van der Waals surface area contributed by atoms with Crippen molar-refractivity contribution in [2.24, 2.45) is 0 Å². The third-order valence-corrected chi connectivity index (χ3v) is 3.57. The number of nitrogens with one attached hydrogen (secondary N) is 1. The van der Waals surface area contributed by atoms with Gasteiger partial charge in [-0.3, -0.25) is 14.5 Å². The number of carbonyl (C=O) groups is 2. The van der Waals surface area contributed by atoms with Crippen LogP contribution in [0.2, 0.25) is 0 Å². The van der Waals surface area contributed by atoms with Gasteiger partial charge in [-0.2, -0.15) is 0 Å². The van der Waals surface area contributed by atoms with Crippen LogP contribution in [0, 0.1) is 0 Å².